The van der Waals surface area contributed by atoms with Crippen LogP contribution in [0.1, 0.15) is 11.1 Å². The quantitative estimate of drug-likeness (QED) is 0.237. The van der Waals surface area contributed by atoms with Crippen LogP contribution in [0.3, 0.4) is 0 Å². The average Bonchev–Trinajstić information content (AvgIpc) is 2.82. The van der Waals surface area contributed by atoms with Crippen molar-refractivity contribution in [3.05, 3.63) is 71.8 Å². The summed E-state index contributed by atoms with van der Waals surface area (Å²) in [6, 6.07) is 14.4. The van der Waals surface area contributed by atoms with Gasteiger partial charge < -0.3 is 31.9 Å². The maximum Gasteiger partial charge on any atom is 0.322 e. The van der Waals surface area contributed by atoms with Gasteiger partial charge in [-0.05, 0) is 11.1 Å². The molecule has 176 valence electrons. The van der Waals surface area contributed by atoms with Crippen molar-refractivity contribution >= 4 is 23.7 Å². The van der Waals surface area contributed by atoms with Crippen molar-refractivity contribution in [2.45, 2.75) is 31.0 Å². The molecule has 0 radical (unpaired) electrons. The van der Waals surface area contributed by atoms with Gasteiger partial charge in [-0.2, -0.15) is 0 Å². The number of carboxylic acids is 1. The molecular weight excluding hydrogens is 428 g/mol. The average molecular weight is 456 g/mol. The van der Waals surface area contributed by atoms with Crippen molar-refractivity contribution in [2.24, 2.45) is 5.73 Å². The highest BCUT2D eigenvalue weighted by molar-refractivity contribution is 5.94. The lowest BCUT2D eigenvalue weighted by Crippen LogP contribution is -2.57. The number of nitrogens with two attached hydrogens (primary N) is 1. The third-order valence-corrected chi connectivity index (χ3v) is 4.78. The number of nitrogens with one attached hydrogen (secondary N) is 3. The molecule has 0 saturated carbocycles. The number of hydrogen-bond acceptors (Lipinski definition) is 6. The number of rotatable bonds is 12. The molecule has 0 aromatic heterocycles. The Morgan fingerprint density at radius 3 is 1.67 bits per heavy atom. The molecule has 3 atom stereocenters. The zero-order valence-corrected chi connectivity index (χ0v) is 17.9. The van der Waals surface area contributed by atoms with Crippen molar-refractivity contribution in [1.29, 1.82) is 0 Å². The summed E-state index contributed by atoms with van der Waals surface area (Å²) in [4.78, 5) is 48.8. The Balaban J connectivity index is 2.21. The second kappa shape index (κ2) is 12.9. The van der Waals surface area contributed by atoms with Crippen LogP contribution in [0.2, 0.25) is 0 Å². The lowest BCUT2D eigenvalue weighted by molar-refractivity contribution is -0.138. The predicted octanol–water partition coefficient (Wildman–Crippen LogP) is -1.04. The van der Waals surface area contributed by atoms with E-state index in [9.17, 15) is 19.2 Å². The number of aliphatic hydroxyl groups excluding tert-OH is 1. The molecule has 3 amide bonds. The van der Waals surface area contributed by atoms with Crippen molar-refractivity contribution in [3.63, 3.8) is 0 Å². The number of hydrogen-bond donors (Lipinski definition) is 6. The van der Waals surface area contributed by atoms with Gasteiger partial charge in [0.25, 0.3) is 0 Å². The van der Waals surface area contributed by atoms with E-state index in [4.69, 9.17) is 15.9 Å². The smallest absolute Gasteiger partial charge is 0.322 e. The molecule has 0 heterocycles. The maximum absolute atomic E-state index is 13.1. The number of aliphatic carboxylic acids is 1. The number of amides is 3. The van der Waals surface area contributed by atoms with Crippen molar-refractivity contribution in [1.82, 2.24) is 16.0 Å². The molecule has 0 aliphatic rings. The molecule has 10 heteroatoms. The van der Waals surface area contributed by atoms with Gasteiger partial charge in [0.1, 0.15) is 24.7 Å². The van der Waals surface area contributed by atoms with Gasteiger partial charge in [0.05, 0.1) is 6.61 Å². The lowest BCUT2D eigenvalue weighted by atomic mass is 10.0. The number of carboxylic acid groups (broad SMARTS) is 1. The minimum absolute atomic E-state index is 0.111. The van der Waals surface area contributed by atoms with E-state index in [1.807, 2.05) is 6.07 Å². The zero-order valence-electron chi connectivity index (χ0n) is 17.9. The van der Waals surface area contributed by atoms with Crippen LogP contribution in [0, 0.1) is 0 Å². The molecule has 0 aliphatic carbocycles. The Hall–Kier alpha value is -3.76. The molecule has 2 aromatic carbocycles. The molecule has 0 saturated heterocycles. The van der Waals surface area contributed by atoms with E-state index in [1.54, 1.807) is 54.6 Å². The van der Waals surface area contributed by atoms with Crippen LogP contribution in [0.4, 0.5) is 0 Å². The monoisotopic (exact) mass is 456 g/mol. The van der Waals surface area contributed by atoms with Gasteiger partial charge in [0.2, 0.25) is 17.7 Å². The summed E-state index contributed by atoms with van der Waals surface area (Å²) in [7, 11) is 0. The Kier molecular flexibility index (Phi) is 10.00. The van der Waals surface area contributed by atoms with Crippen LogP contribution in [0.25, 0.3) is 0 Å². The largest absolute Gasteiger partial charge is 0.480 e. The molecule has 0 aliphatic heterocycles. The SMILES string of the molecule is NC(CO)C(=O)NC(Cc1ccccc1)C(=O)NC(Cc1ccccc1)C(=O)NCC(=O)O. The maximum atomic E-state index is 13.1. The van der Waals surface area contributed by atoms with E-state index < -0.39 is 55.0 Å². The minimum Gasteiger partial charge on any atom is -0.480 e. The topological polar surface area (TPSA) is 171 Å². The minimum atomic E-state index is -1.22. The van der Waals surface area contributed by atoms with E-state index in [0.29, 0.717) is 0 Å². The molecular formula is C23H28N4O6. The van der Waals surface area contributed by atoms with Gasteiger partial charge in [-0.15, -0.1) is 0 Å². The highest BCUT2D eigenvalue weighted by atomic mass is 16.4. The first kappa shape index (κ1) is 25.5. The standard InChI is InChI=1S/C23H28N4O6/c24-17(14-28)21(31)26-19(12-16-9-5-2-6-10-16)23(33)27-18(22(32)25-13-20(29)30)11-15-7-3-1-4-8-15/h1-10,17-19,28H,11-14,24H2,(H,25,32)(H,26,31)(H,27,33)(H,29,30). The third-order valence-electron chi connectivity index (χ3n) is 4.78. The van der Waals surface area contributed by atoms with E-state index in [1.165, 1.54) is 0 Å². The van der Waals surface area contributed by atoms with Gasteiger partial charge in [-0.25, -0.2) is 0 Å². The number of benzene rings is 2. The molecule has 2 rings (SSSR count). The van der Waals surface area contributed by atoms with Crippen molar-refractivity contribution in [2.75, 3.05) is 13.2 Å². The van der Waals surface area contributed by atoms with Crippen LogP contribution in [-0.2, 0) is 32.0 Å². The van der Waals surface area contributed by atoms with Crippen LogP contribution < -0.4 is 21.7 Å². The molecule has 0 fully saturated rings. The number of aliphatic hydroxyl groups is 1. The zero-order chi connectivity index (χ0) is 24.2. The first-order valence-corrected chi connectivity index (χ1v) is 10.3. The fraction of sp³-hybridized carbons (Fsp3) is 0.304. The molecule has 10 nitrogen and oxygen atoms in total. The van der Waals surface area contributed by atoms with E-state index in [-0.39, 0.29) is 12.8 Å². The van der Waals surface area contributed by atoms with Gasteiger partial charge in [0.15, 0.2) is 0 Å². The number of carbonyl (C=O) groups excluding carboxylic acids is 3. The molecule has 33 heavy (non-hydrogen) atoms. The van der Waals surface area contributed by atoms with Gasteiger partial charge in [0, 0.05) is 12.8 Å². The van der Waals surface area contributed by atoms with E-state index in [0.717, 1.165) is 11.1 Å². The molecule has 0 bridgehead atoms. The van der Waals surface area contributed by atoms with E-state index in [2.05, 4.69) is 16.0 Å². The summed E-state index contributed by atoms with van der Waals surface area (Å²) >= 11 is 0. The van der Waals surface area contributed by atoms with Crippen molar-refractivity contribution in [3.8, 4) is 0 Å². The van der Waals surface area contributed by atoms with E-state index >= 15 is 0 Å². The van der Waals surface area contributed by atoms with Crippen LogP contribution in [-0.4, -0.2) is 65.2 Å². The second-order valence-electron chi connectivity index (χ2n) is 7.40. The Bertz CT molecular complexity index is 938. The summed E-state index contributed by atoms with van der Waals surface area (Å²) in [5.41, 5.74) is 7.07. The summed E-state index contributed by atoms with van der Waals surface area (Å²) in [5, 5.41) is 25.4. The van der Waals surface area contributed by atoms with Crippen LogP contribution in [0.15, 0.2) is 60.7 Å². The Morgan fingerprint density at radius 2 is 1.21 bits per heavy atom. The van der Waals surface area contributed by atoms with Gasteiger partial charge >= 0.3 is 5.97 Å². The van der Waals surface area contributed by atoms with Crippen LogP contribution in [0.5, 0.6) is 0 Å². The number of carbonyl (C=O) groups is 4. The second-order valence-corrected chi connectivity index (χ2v) is 7.40. The highest BCUT2D eigenvalue weighted by Crippen LogP contribution is 2.07. The van der Waals surface area contributed by atoms with Gasteiger partial charge in [-0.1, -0.05) is 60.7 Å². The van der Waals surface area contributed by atoms with Crippen molar-refractivity contribution < 1.29 is 29.4 Å². The summed E-state index contributed by atoms with van der Waals surface area (Å²) in [6.07, 6.45) is 0.228. The molecule has 2 aromatic rings. The predicted molar refractivity (Wildman–Crippen MR) is 120 cm³/mol. The first-order chi connectivity index (χ1) is 15.8. The third kappa shape index (κ3) is 8.71. The Morgan fingerprint density at radius 1 is 0.758 bits per heavy atom. The normalized spacial score (nSPS) is 13.3. The molecule has 3 unspecified atom stereocenters. The summed E-state index contributed by atoms with van der Waals surface area (Å²) < 4.78 is 0. The fourth-order valence-electron chi connectivity index (χ4n) is 3.04. The van der Waals surface area contributed by atoms with Crippen LogP contribution >= 0.6 is 0 Å². The fourth-order valence-corrected chi connectivity index (χ4v) is 3.04. The highest BCUT2D eigenvalue weighted by Gasteiger charge is 2.28. The summed E-state index contributed by atoms with van der Waals surface area (Å²) in [5.74, 6) is -3.26. The lowest BCUT2D eigenvalue weighted by Gasteiger charge is -2.24. The summed E-state index contributed by atoms with van der Waals surface area (Å²) in [6.45, 7) is -1.20. The first-order valence-electron chi connectivity index (χ1n) is 10.3. The molecule has 7 N–H and O–H groups in total. The molecule has 0 spiro atoms. The van der Waals surface area contributed by atoms with Gasteiger partial charge in [-0.3, -0.25) is 19.2 Å². The Labute approximate surface area is 191 Å².